The topological polar surface area (TPSA) is 21.7 Å². The molecular weight excluding hydrogens is 491 g/mol. The molecule has 1 fully saturated rings. The van der Waals surface area contributed by atoms with E-state index in [1.165, 1.54) is 24.3 Å². The first kappa shape index (κ1) is 26.1. The zero-order valence-electron chi connectivity index (χ0n) is 18.8. The van der Waals surface area contributed by atoms with E-state index in [2.05, 4.69) is 0 Å². The van der Waals surface area contributed by atoms with Crippen molar-refractivity contribution in [3.05, 3.63) is 106 Å². The Bertz CT molecular complexity index is 1150. The first-order valence-electron chi connectivity index (χ1n) is 11.1. The summed E-state index contributed by atoms with van der Waals surface area (Å²) in [6.45, 7) is 0.321. The number of alkyl halides is 6. The van der Waals surface area contributed by atoms with Crippen molar-refractivity contribution in [2.24, 2.45) is 0 Å². The zero-order chi connectivity index (χ0) is 25.9. The average Bonchev–Trinajstić information content (AvgIpc) is 2.83. The van der Waals surface area contributed by atoms with Gasteiger partial charge in [0.15, 0.2) is 6.29 Å². The normalized spacial score (nSPS) is 19.4. The molecule has 36 heavy (non-hydrogen) atoms. The highest BCUT2D eigenvalue weighted by molar-refractivity contribution is 5.35. The van der Waals surface area contributed by atoms with E-state index in [0.29, 0.717) is 36.9 Å². The van der Waals surface area contributed by atoms with E-state index in [1.54, 1.807) is 0 Å². The number of morpholine rings is 1. The van der Waals surface area contributed by atoms with Crippen LogP contribution in [0.1, 0.15) is 33.9 Å². The molecule has 1 heterocycles. The maximum atomic E-state index is 13.6. The SMILES string of the molecule is Fc1ccc([C@H]2[C@H](OCc3cc(C(F)(F)F)ccc3C(F)(F)F)OCCN2Cc2ccccc2)cc1. The predicted octanol–water partition coefficient (Wildman–Crippen LogP) is 6.98. The van der Waals surface area contributed by atoms with Crippen LogP contribution in [-0.4, -0.2) is 24.3 Å². The van der Waals surface area contributed by atoms with Crippen LogP contribution in [0.5, 0.6) is 0 Å². The van der Waals surface area contributed by atoms with Crippen molar-refractivity contribution >= 4 is 0 Å². The molecule has 1 saturated heterocycles. The van der Waals surface area contributed by atoms with E-state index < -0.39 is 53.8 Å². The standard InChI is InChI=1S/C26H22F7NO2/c27-21-9-6-18(7-10-21)23-24(35-13-12-34(23)15-17-4-2-1-3-5-17)36-16-19-14-20(25(28,29)30)8-11-22(19)26(31,32)33/h1-11,14,23-24H,12-13,15-16H2/t23-,24-/m0/s1. The van der Waals surface area contributed by atoms with Crippen LogP contribution in [0, 0.1) is 5.82 Å². The molecular formula is C26H22F7NO2. The van der Waals surface area contributed by atoms with Crippen molar-refractivity contribution in [2.45, 2.75) is 37.8 Å². The third-order valence-electron chi connectivity index (χ3n) is 5.89. The Kier molecular flexibility index (Phi) is 7.67. The number of hydrogen-bond donors (Lipinski definition) is 0. The first-order valence-corrected chi connectivity index (χ1v) is 11.1. The fourth-order valence-electron chi connectivity index (χ4n) is 4.19. The quantitative estimate of drug-likeness (QED) is 0.332. The van der Waals surface area contributed by atoms with Crippen molar-refractivity contribution in [1.82, 2.24) is 4.90 Å². The van der Waals surface area contributed by atoms with Gasteiger partial charge in [0, 0.05) is 13.1 Å². The summed E-state index contributed by atoms with van der Waals surface area (Å²) in [5.74, 6) is -0.471. The Hall–Kier alpha value is -2.95. The number of rotatable bonds is 6. The van der Waals surface area contributed by atoms with E-state index in [0.717, 1.165) is 5.56 Å². The molecule has 1 aliphatic rings. The van der Waals surface area contributed by atoms with E-state index in [1.807, 2.05) is 35.2 Å². The van der Waals surface area contributed by atoms with E-state index in [-0.39, 0.29) is 6.61 Å². The van der Waals surface area contributed by atoms with Crippen molar-refractivity contribution in [3.63, 3.8) is 0 Å². The van der Waals surface area contributed by atoms with Crippen molar-refractivity contribution in [2.75, 3.05) is 13.2 Å². The van der Waals surface area contributed by atoms with Crippen LogP contribution in [0.15, 0.2) is 72.8 Å². The number of halogens is 7. The van der Waals surface area contributed by atoms with Gasteiger partial charge >= 0.3 is 12.4 Å². The molecule has 0 radical (unpaired) electrons. The number of hydrogen-bond acceptors (Lipinski definition) is 3. The number of ether oxygens (including phenoxy) is 2. The van der Waals surface area contributed by atoms with Gasteiger partial charge in [-0.25, -0.2) is 4.39 Å². The Morgan fingerprint density at radius 3 is 2.19 bits per heavy atom. The molecule has 3 aromatic rings. The smallest absolute Gasteiger partial charge is 0.349 e. The Morgan fingerprint density at radius 1 is 0.861 bits per heavy atom. The number of nitrogens with zero attached hydrogens (tertiary/aromatic N) is 1. The second-order valence-electron chi connectivity index (χ2n) is 8.37. The zero-order valence-corrected chi connectivity index (χ0v) is 18.8. The fraction of sp³-hybridized carbons (Fsp3) is 0.308. The molecule has 192 valence electrons. The van der Waals surface area contributed by atoms with Crippen LogP contribution in [0.4, 0.5) is 30.7 Å². The lowest BCUT2D eigenvalue weighted by molar-refractivity contribution is -0.219. The summed E-state index contributed by atoms with van der Waals surface area (Å²) >= 11 is 0. The summed E-state index contributed by atoms with van der Waals surface area (Å²) in [5.41, 5.74) is -1.52. The lowest BCUT2D eigenvalue weighted by atomic mass is 10.0. The minimum Gasteiger partial charge on any atom is -0.349 e. The molecule has 3 aromatic carbocycles. The van der Waals surface area contributed by atoms with E-state index >= 15 is 0 Å². The summed E-state index contributed by atoms with van der Waals surface area (Å²) in [6, 6.07) is 15.5. The molecule has 0 N–H and O–H groups in total. The van der Waals surface area contributed by atoms with Gasteiger partial charge in [0.1, 0.15) is 5.82 Å². The third-order valence-corrected chi connectivity index (χ3v) is 5.89. The summed E-state index contributed by atoms with van der Waals surface area (Å²) in [7, 11) is 0. The fourth-order valence-corrected chi connectivity index (χ4v) is 4.19. The minimum atomic E-state index is -4.87. The average molecular weight is 513 g/mol. The third kappa shape index (κ3) is 6.24. The van der Waals surface area contributed by atoms with Crippen molar-refractivity contribution in [3.8, 4) is 0 Å². The highest BCUT2D eigenvalue weighted by atomic mass is 19.4. The Morgan fingerprint density at radius 2 is 1.56 bits per heavy atom. The van der Waals surface area contributed by atoms with Crippen LogP contribution in [0.3, 0.4) is 0 Å². The lowest BCUT2D eigenvalue weighted by Gasteiger charge is -2.41. The molecule has 0 aromatic heterocycles. The van der Waals surface area contributed by atoms with Gasteiger partial charge in [0.05, 0.1) is 30.4 Å². The van der Waals surface area contributed by atoms with Crippen LogP contribution >= 0.6 is 0 Å². The molecule has 0 amide bonds. The first-order chi connectivity index (χ1) is 17.0. The largest absolute Gasteiger partial charge is 0.416 e. The summed E-state index contributed by atoms with van der Waals surface area (Å²) in [5, 5.41) is 0. The van der Waals surface area contributed by atoms with Gasteiger partial charge in [-0.15, -0.1) is 0 Å². The summed E-state index contributed by atoms with van der Waals surface area (Å²) < 4.78 is 105. The summed E-state index contributed by atoms with van der Waals surface area (Å²) in [4.78, 5) is 1.98. The Labute approximate surface area is 203 Å². The van der Waals surface area contributed by atoms with Gasteiger partial charge in [-0.2, -0.15) is 26.3 Å². The van der Waals surface area contributed by atoms with Crippen LogP contribution in [0.25, 0.3) is 0 Å². The molecule has 0 saturated carbocycles. The van der Waals surface area contributed by atoms with Crippen LogP contribution < -0.4 is 0 Å². The van der Waals surface area contributed by atoms with E-state index in [4.69, 9.17) is 9.47 Å². The second kappa shape index (κ2) is 10.6. The molecule has 3 nitrogen and oxygen atoms in total. The second-order valence-corrected chi connectivity index (χ2v) is 8.37. The molecule has 0 unspecified atom stereocenters. The Balaban J connectivity index is 1.63. The molecule has 2 atom stereocenters. The molecule has 10 heteroatoms. The van der Waals surface area contributed by atoms with Crippen LogP contribution in [0.2, 0.25) is 0 Å². The molecule has 0 bridgehead atoms. The molecule has 1 aliphatic heterocycles. The van der Waals surface area contributed by atoms with Crippen molar-refractivity contribution < 1.29 is 40.2 Å². The van der Waals surface area contributed by atoms with Gasteiger partial charge in [-0.3, -0.25) is 4.90 Å². The van der Waals surface area contributed by atoms with Gasteiger partial charge in [-0.1, -0.05) is 42.5 Å². The van der Waals surface area contributed by atoms with Gasteiger partial charge < -0.3 is 9.47 Å². The maximum absolute atomic E-state index is 13.6. The van der Waals surface area contributed by atoms with Crippen LogP contribution in [-0.2, 0) is 35.0 Å². The van der Waals surface area contributed by atoms with Crippen molar-refractivity contribution in [1.29, 1.82) is 0 Å². The van der Waals surface area contributed by atoms with Gasteiger partial charge in [0.25, 0.3) is 0 Å². The molecule has 0 aliphatic carbocycles. The number of benzene rings is 3. The monoisotopic (exact) mass is 513 g/mol. The lowest BCUT2D eigenvalue weighted by Crippen LogP contribution is -2.46. The van der Waals surface area contributed by atoms with Gasteiger partial charge in [0.2, 0.25) is 0 Å². The molecule has 0 spiro atoms. The minimum absolute atomic E-state index is 0.184. The highest BCUT2D eigenvalue weighted by Gasteiger charge is 2.39. The summed E-state index contributed by atoms with van der Waals surface area (Å²) in [6.07, 6.45) is -10.8. The predicted molar refractivity (Wildman–Crippen MR) is 117 cm³/mol. The molecule has 4 rings (SSSR count). The highest BCUT2D eigenvalue weighted by Crippen LogP contribution is 2.38. The maximum Gasteiger partial charge on any atom is 0.416 e. The van der Waals surface area contributed by atoms with Gasteiger partial charge in [-0.05, 0) is 47.0 Å². The van der Waals surface area contributed by atoms with E-state index in [9.17, 15) is 30.7 Å².